The summed E-state index contributed by atoms with van der Waals surface area (Å²) in [6.07, 6.45) is 1.22. The van der Waals surface area contributed by atoms with Crippen molar-refractivity contribution in [3.05, 3.63) is 34.7 Å². The summed E-state index contributed by atoms with van der Waals surface area (Å²) in [6.45, 7) is 0.543. The van der Waals surface area contributed by atoms with E-state index in [2.05, 4.69) is 5.32 Å². The topological polar surface area (TPSA) is 84.9 Å². The van der Waals surface area contributed by atoms with Crippen molar-refractivity contribution in [2.45, 2.75) is 17.1 Å². The minimum Gasteiger partial charge on any atom is -0.495 e. The van der Waals surface area contributed by atoms with Crippen LogP contribution in [0.5, 0.6) is 11.5 Å². The van der Waals surface area contributed by atoms with Gasteiger partial charge in [-0.3, -0.25) is 4.79 Å². The Morgan fingerprint density at radius 1 is 1.29 bits per heavy atom. The van der Waals surface area contributed by atoms with Crippen LogP contribution in [0.1, 0.15) is 12.8 Å². The maximum atomic E-state index is 12.8. The van der Waals surface area contributed by atoms with E-state index < -0.39 is 15.9 Å². The number of thiophene rings is 1. The van der Waals surface area contributed by atoms with Crippen molar-refractivity contribution in [1.29, 1.82) is 0 Å². The normalized spacial score (nSPS) is 17.9. The highest BCUT2D eigenvalue weighted by Gasteiger charge is 2.34. The van der Waals surface area contributed by atoms with Gasteiger partial charge in [0.05, 0.1) is 30.8 Å². The Kier molecular flexibility index (Phi) is 6.49. The van der Waals surface area contributed by atoms with Crippen LogP contribution in [-0.2, 0) is 14.8 Å². The lowest BCUT2D eigenvalue weighted by Crippen LogP contribution is -2.43. The predicted molar refractivity (Wildman–Crippen MR) is 109 cm³/mol. The van der Waals surface area contributed by atoms with Gasteiger partial charge in [0.1, 0.15) is 15.7 Å². The maximum absolute atomic E-state index is 12.8. The fraction of sp³-hybridized carbons (Fsp3) is 0.389. The van der Waals surface area contributed by atoms with Crippen LogP contribution in [0.15, 0.2) is 33.9 Å². The van der Waals surface area contributed by atoms with E-state index in [0.29, 0.717) is 41.6 Å². The van der Waals surface area contributed by atoms with Crippen molar-refractivity contribution in [1.82, 2.24) is 4.31 Å². The second kappa shape index (κ2) is 8.69. The third kappa shape index (κ3) is 4.27. The number of nitrogens with zero attached hydrogens (tertiary/aromatic N) is 1. The van der Waals surface area contributed by atoms with Gasteiger partial charge < -0.3 is 14.8 Å². The van der Waals surface area contributed by atoms with Crippen LogP contribution in [0.3, 0.4) is 0 Å². The summed E-state index contributed by atoms with van der Waals surface area (Å²) in [4.78, 5) is 12.8. The summed E-state index contributed by atoms with van der Waals surface area (Å²) < 4.78 is 37.6. The van der Waals surface area contributed by atoms with Gasteiger partial charge in [0.2, 0.25) is 5.91 Å². The highest BCUT2D eigenvalue weighted by atomic mass is 35.5. The third-order valence-corrected chi connectivity index (χ3v) is 8.11. The number of anilines is 1. The number of methoxy groups -OCH3 is 2. The number of halogens is 1. The fourth-order valence-electron chi connectivity index (χ4n) is 3.11. The molecule has 0 unspecified atom stereocenters. The molecule has 10 heteroatoms. The number of sulfonamides is 1. The second-order valence-electron chi connectivity index (χ2n) is 6.31. The van der Waals surface area contributed by atoms with Crippen LogP contribution in [0, 0.1) is 5.92 Å². The highest BCUT2D eigenvalue weighted by Crippen LogP contribution is 2.36. The van der Waals surface area contributed by atoms with Gasteiger partial charge in [0, 0.05) is 25.2 Å². The minimum atomic E-state index is -3.58. The first-order valence-electron chi connectivity index (χ1n) is 8.63. The van der Waals surface area contributed by atoms with Crippen molar-refractivity contribution >= 4 is 44.6 Å². The Labute approximate surface area is 173 Å². The van der Waals surface area contributed by atoms with Crippen LogP contribution in [0.4, 0.5) is 5.69 Å². The molecule has 1 aliphatic rings. The largest absolute Gasteiger partial charge is 0.495 e. The molecule has 1 aromatic carbocycles. The molecule has 1 aromatic heterocycles. The molecule has 0 radical (unpaired) electrons. The third-order valence-electron chi connectivity index (χ3n) is 4.58. The minimum absolute atomic E-state index is 0.138. The van der Waals surface area contributed by atoms with Gasteiger partial charge in [0.15, 0.2) is 0 Å². The number of nitrogens with one attached hydrogen (secondary N) is 1. The smallest absolute Gasteiger partial charge is 0.252 e. The van der Waals surface area contributed by atoms with Crippen LogP contribution < -0.4 is 14.8 Å². The lowest BCUT2D eigenvalue weighted by molar-refractivity contribution is -0.120. The van der Waals surface area contributed by atoms with Crippen LogP contribution in [0.25, 0.3) is 0 Å². The summed E-state index contributed by atoms with van der Waals surface area (Å²) in [5.74, 6) is 0.0740. The van der Waals surface area contributed by atoms with Gasteiger partial charge in [-0.15, -0.1) is 11.3 Å². The highest BCUT2D eigenvalue weighted by molar-refractivity contribution is 7.91. The van der Waals surface area contributed by atoms with Crippen LogP contribution in [-0.4, -0.2) is 45.9 Å². The monoisotopic (exact) mass is 444 g/mol. The van der Waals surface area contributed by atoms with Crippen molar-refractivity contribution in [2.24, 2.45) is 5.92 Å². The van der Waals surface area contributed by atoms with E-state index in [-0.39, 0.29) is 16.7 Å². The van der Waals surface area contributed by atoms with Gasteiger partial charge in [-0.25, -0.2) is 8.42 Å². The molecule has 152 valence electrons. The van der Waals surface area contributed by atoms with Gasteiger partial charge in [-0.05, 0) is 24.3 Å². The van der Waals surface area contributed by atoms with Crippen molar-refractivity contribution < 1.29 is 22.7 Å². The Bertz CT molecular complexity index is 947. The van der Waals surface area contributed by atoms with E-state index in [1.54, 1.807) is 29.6 Å². The number of hydrogen-bond acceptors (Lipinski definition) is 6. The summed E-state index contributed by atoms with van der Waals surface area (Å²) in [7, 11) is -0.622. The average Bonchev–Trinajstić information content (AvgIpc) is 3.24. The van der Waals surface area contributed by atoms with E-state index in [1.807, 2.05) is 0 Å². The lowest BCUT2D eigenvalue weighted by Gasteiger charge is -2.31. The van der Waals surface area contributed by atoms with Crippen molar-refractivity contribution in [3.63, 3.8) is 0 Å². The second-order valence-corrected chi connectivity index (χ2v) is 9.83. The molecule has 0 bridgehead atoms. The molecule has 1 N–H and O–H groups in total. The maximum Gasteiger partial charge on any atom is 0.252 e. The number of amides is 1. The summed E-state index contributed by atoms with van der Waals surface area (Å²) in [5, 5.41) is 4.91. The molecule has 0 saturated carbocycles. The summed E-state index contributed by atoms with van der Waals surface area (Å²) in [6, 6.07) is 6.42. The number of benzene rings is 1. The Hall–Kier alpha value is -1.81. The molecular weight excluding hydrogens is 424 g/mol. The molecular formula is C18H21ClN2O5S2. The number of piperidine rings is 1. The molecule has 0 spiro atoms. The first kappa shape index (κ1) is 20.9. The number of carbonyl (C=O) groups excluding carboxylic acids is 1. The van der Waals surface area contributed by atoms with Gasteiger partial charge >= 0.3 is 0 Å². The van der Waals surface area contributed by atoms with Crippen molar-refractivity contribution in [3.8, 4) is 11.5 Å². The van der Waals surface area contributed by atoms with Crippen molar-refractivity contribution in [2.75, 3.05) is 32.6 Å². The Morgan fingerprint density at radius 2 is 2.04 bits per heavy atom. The quantitative estimate of drug-likeness (QED) is 0.737. The summed E-state index contributed by atoms with van der Waals surface area (Å²) in [5.41, 5.74) is 0.423. The molecule has 1 atom stereocenters. The van der Waals surface area contributed by atoms with Gasteiger partial charge in [0.25, 0.3) is 10.0 Å². The molecule has 2 heterocycles. The average molecular weight is 445 g/mol. The van der Waals surface area contributed by atoms with Crippen LogP contribution >= 0.6 is 22.9 Å². The predicted octanol–water partition coefficient (Wildman–Crippen LogP) is 3.46. The molecule has 7 nitrogen and oxygen atoms in total. The van der Waals surface area contributed by atoms with Gasteiger partial charge in [-0.2, -0.15) is 4.31 Å². The standard InChI is InChI=1S/C18H21ClN2O5S2/c1-25-15-10-14(16(26-2)9-13(15)19)20-18(22)12-5-3-7-21(11-12)28(23,24)17-6-4-8-27-17/h4,6,8-10,12H,3,5,7,11H2,1-2H3,(H,20,22)/t12-/m1/s1. The molecule has 3 rings (SSSR count). The van der Waals surface area contributed by atoms with Gasteiger partial charge in [-0.1, -0.05) is 17.7 Å². The van der Waals surface area contributed by atoms with Crippen LogP contribution in [0.2, 0.25) is 5.02 Å². The zero-order valence-corrected chi connectivity index (χ0v) is 17.9. The number of hydrogen-bond donors (Lipinski definition) is 1. The number of rotatable bonds is 6. The first-order chi connectivity index (χ1) is 13.4. The van der Waals surface area contributed by atoms with E-state index >= 15 is 0 Å². The fourth-order valence-corrected chi connectivity index (χ4v) is 6.00. The molecule has 1 saturated heterocycles. The number of carbonyl (C=O) groups is 1. The molecule has 0 aliphatic carbocycles. The Balaban J connectivity index is 1.76. The molecule has 1 amide bonds. The lowest BCUT2D eigenvalue weighted by atomic mass is 9.98. The molecule has 2 aromatic rings. The summed E-state index contributed by atoms with van der Waals surface area (Å²) >= 11 is 7.27. The molecule has 1 aliphatic heterocycles. The van der Waals surface area contributed by atoms with E-state index in [0.717, 1.165) is 0 Å². The van der Waals surface area contributed by atoms with E-state index in [4.69, 9.17) is 21.1 Å². The van der Waals surface area contributed by atoms with E-state index in [1.165, 1.54) is 29.9 Å². The molecule has 28 heavy (non-hydrogen) atoms. The Morgan fingerprint density at radius 3 is 2.68 bits per heavy atom. The molecule has 1 fully saturated rings. The SMILES string of the molecule is COc1cc(NC(=O)[C@@H]2CCCN(S(=O)(=O)c3cccs3)C2)c(OC)cc1Cl. The van der Waals surface area contributed by atoms with E-state index in [9.17, 15) is 13.2 Å². The zero-order chi connectivity index (χ0) is 20.3. The zero-order valence-electron chi connectivity index (χ0n) is 15.5. The first-order valence-corrected chi connectivity index (χ1v) is 11.3. The number of ether oxygens (including phenoxy) is 2.